The third-order valence-electron chi connectivity index (χ3n) is 8.43. The summed E-state index contributed by atoms with van der Waals surface area (Å²) in [6, 6.07) is 6.93. The Morgan fingerprint density at radius 2 is 1.85 bits per heavy atom. The van der Waals surface area contributed by atoms with Crippen LogP contribution in [0.5, 0.6) is 5.75 Å². The van der Waals surface area contributed by atoms with Gasteiger partial charge in [0, 0.05) is 4.75 Å². The van der Waals surface area contributed by atoms with Crippen LogP contribution in [0.4, 0.5) is 0 Å². The second-order valence-electron chi connectivity index (χ2n) is 10.8. The van der Waals surface area contributed by atoms with Crippen molar-refractivity contribution in [2.75, 3.05) is 12.5 Å². The lowest BCUT2D eigenvalue weighted by atomic mass is 9.55. The van der Waals surface area contributed by atoms with Crippen LogP contribution in [0.3, 0.4) is 0 Å². The van der Waals surface area contributed by atoms with E-state index in [-0.39, 0.29) is 16.3 Å². The minimum atomic E-state index is -1.15. The Bertz CT molecular complexity index is 720. The van der Waals surface area contributed by atoms with Crippen LogP contribution in [0, 0.1) is 17.3 Å². The van der Waals surface area contributed by atoms with Crippen LogP contribution in [0.15, 0.2) is 18.2 Å². The van der Waals surface area contributed by atoms with Gasteiger partial charge in [0.25, 0.3) is 0 Å². The third-order valence-corrected chi connectivity index (χ3v) is 12.0. The molecule has 0 aromatic heterocycles. The van der Waals surface area contributed by atoms with Gasteiger partial charge in [-0.25, -0.2) is 0 Å². The molecule has 152 valence electrons. The highest BCUT2D eigenvalue weighted by molar-refractivity contribution is 8.30. The van der Waals surface area contributed by atoms with Crippen molar-refractivity contribution in [2.45, 2.75) is 83.0 Å². The molecule has 2 saturated carbocycles. The van der Waals surface area contributed by atoms with Gasteiger partial charge < -0.3 is 9.29 Å². The molecule has 0 bridgehead atoms. The molecule has 2 nitrogen and oxygen atoms in total. The van der Waals surface area contributed by atoms with Gasteiger partial charge in [0.1, 0.15) is 5.75 Å². The molecule has 3 aliphatic carbocycles. The maximum absolute atomic E-state index is 10.6. The van der Waals surface area contributed by atoms with Crippen molar-refractivity contribution in [1.29, 1.82) is 0 Å². The molecule has 27 heavy (non-hydrogen) atoms. The molecular weight excluding hydrogens is 352 g/mol. The number of fused-ring (bicyclic) bond motifs is 5. The molecule has 3 heteroatoms. The van der Waals surface area contributed by atoms with E-state index in [1.807, 2.05) is 0 Å². The molecule has 1 N–H and O–H groups in total. The topological polar surface area (TPSA) is 29.5 Å². The fraction of sp³-hybridized carbons (Fsp3) is 0.750. The summed E-state index contributed by atoms with van der Waals surface area (Å²) in [5.41, 5.74) is 3.26. The molecule has 0 aliphatic heterocycles. The normalized spacial score (nSPS) is 36.6. The van der Waals surface area contributed by atoms with Crippen molar-refractivity contribution in [1.82, 2.24) is 0 Å². The summed E-state index contributed by atoms with van der Waals surface area (Å²) in [5, 5.41) is 10.6. The summed E-state index contributed by atoms with van der Waals surface area (Å²) in [7, 11) is -1.15. The quantitative estimate of drug-likeness (QED) is 0.665. The molecule has 5 unspecified atom stereocenters. The second-order valence-corrected chi connectivity index (χ2v) is 14.7. The van der Waals surface area contributed by atoms with E-state index in [0.29, 0.717) is 11.8 Å². The smallest absolute Gasteiger partial charge is 0.135 e. The van der Waals surface area contributed by atoms with Gasteiger partial charge >= 0.3 is 0 Å². The summed E-state index contributed by atoms with van der Waals surface area (Å²) in [6.07, 6.45) is 11.6. The van der Waals surface area contributed by atoms with Crippen molar-refractivity contribution < 1.29 is 9.29 Å². The number of hydrogen-bond acceptors (Lipinski definition) is 2. The molecule has 0 spiro atoms. The van der Waals surface area contributed by atoms with Gasteiger partial charge in [-0.15, -0.1) is 0 Å². The minimum absolute atomic E-state index is 0.0803. The Labute approximate surface area is 167 Å². The summed E-state index contributed by atoms with van der Waals surface area (Å²) in [6.45, 7) is 9.19. The molecule has 1 aromatic carbocycles. The van der Waals surface area contributed by atoms with E-state index in [1.54, 1.807) is 5.56 Å². The van der Waals surface area contributed by atoms with Gasteiger partial charge in [0.05, 0.1) is 6.10 Å². The Morgan fingerprint density at radius 3 is 2.56 bits per heavy atom. The zero-order chi connectivity index (χ0) is 19.6. The Morgan fingerprint density at radius 1 is 1.11 bits per heavy atom. The highest BCUT2D eigenvalue weighted by atomic mass is 32.3. The van der Waals surface area contributed by atoms with E-state index in [9.17, 15) is 5.11 Å². The number of aliphatic hydroxyl groups excluding tert-OH is 1. The average molecular weight is 391 g/mol. The molecule has 4 rings (SSSR count). The highest BCUT2D eigenvalue weighted by Gasteiger charge is 2.54. The van der Waals surface area contributed by atoms with Crippen LogP contribution in [0.25, 0.3) is 0 Å². The Hall–Kier alpha value is -0.670. The van der Waals surface area contributed by atoms with Gasteiger partial charge in [-0.05, 0) is 118 Å². The van der Waals surface area contributed by atoms with Gasteiger partial charge in [-0.3, -0.25) is 0 Å². The van der Waals surface area contributed by atoms with Crippen molar-refractivity contribution in [3.8, 4) is 5.75 Å². The first kappa shape index (κ1) is 19.6. The fourth-order valence-corrected chi connectivity index (χ4v) is 6.78. The maximum atomic E-state index is 10.6. The average Bonchev–Trinajstić information content (AvgIpc) is 2.88. The number of benzene rings is 1. The largest absolute Gasteiger partial charge is 0.449 e. The highest BCUT2D eigenvalue weighted by Crippen LogP contribution is 2.61. The molecule has 0 saturated heterocycles. The number of aryl methyl sites for hydroxylation is 1. The number of rotatable bonds is 2. The lowest BCUT2D eigenvalue weighted by molar-refractivity contribution is -0.0226. The molecule has 0 radical (unpaired) electrons. The standard InChI is InChI=1S/C24H38O2S/c1-23(2,3)27(5,6)26-17-8-10-18-16(15-17)7-9-20-19(18)13-14-24(4)21(20)11-12-22(24)25/h8,10,15,19-22,25H,7,9,11-14H2,1-6H3. The zero-order valence-electron chi connectivity index (χ0n) is 18.0. The third kappa shape index (κ3) is 3.13. The van der Waals surface area contributed by atoms with Crippen LogP contribution < -0.4 is 4.18 Å². The predicted molar refractivity (Wildman–Crippen MR) is 117 cm³/mol. The van der Waals surface area contributed by atoms with E-state index < -0.39 is 10.3 Å². The molecule has 5 atom stereocenters. The van der Waals surface area contributed by atoms with Crippen LogP contribution >= 0.6 is 10.3 Å². The molecule has 3 aliphatic rings. The van der Waals surface area contributed by atoms with Crippen molar-refractivity contribution in [3.05, 3.63) is 29.3 Å². The van der Waals surface area contributed by atoms with E-state index in [1.165, 1.54) is 37.7 Å². The predicted octanol–water partition coefficient (Wildman–Crippen LogP) is 6.06. The monoisotopic (exact) mass is 390 g/mol. The van der Waals surface area contributed by atoms with Gasteiger partial charge in [-0.1, -0.05) is 23.3 Å². The lowest BCUT2D eigenvalue weighted by Crippen LogP contribution is -2.43. The van der Waals surface area contributed by atoms with Gasteiger partial charge in [0.15, 0.2) is 0 Å². The summed E-state index contributed by atoms with van der Waals surface area (Å²) in [4.78, 5) is 0. The molecule has 0 amide bonds. The van der Waals surface area contributed by atoms with Gasteiger partial charge in [0.2, 0.25) is 0 Å². The first-order valence-electron chi connectivity index (χ1n) is 10.8. The van der Waals surface area contributed by atoms with Crippen molar-refractivity contribution >= 4 is 10.3 Å². The summed E-state index contributed by atoms with van der Waals surface area (Å²) < 4.78 is 6.69. The molecule has 1 aromatic rings. The minimum Gasteiger partial charge on any atom is -0.449 e. The van der Waals surface area contributed by atoms with E-state index in [2.05, 4.69) is 58.4 Å². The SMILES string of the molecule is CC12CCC3c4ccc(OS(C)(C)C(C)(C)C)cc4CCC3C1CCC2O. The van der Waals surface area contributed by atoms with Crippen LogP contribution in [-0.2, 0) is 6.42 Å². The van der Waals surface area contributed by atoms with Crippen molar-refractivity contribution in [2.24, 2.45) is 17.3 Å². The van der Waals surface area contributed by atoms with Crippen LogP contribution in [0.1, 0.15) is 76.8 Å². The van der Waals surface area contributed by atoms with Crippen molar-refractivity contribution in [3.63, 3.8) is 0 Å². The molecule has 2 fully saturated rings. The van der Waals surface area contributed by atoms with E-state index in [0.717, 1.165) is 18.1 Å². The first-order chi connectivity index (χ1) is 12.5. The summed E-state index contributed by atoms with van der Waals surface area (Å²) >= 11 is 0. The zero-order valence-corrected chi connectivity index (χ0v) is 18.9. The Kier molecular flexibility index (Phi) is 4.67. The van der Waals surface area contributed by atoms with E-state index >= 15 is 0 Å². The Balaban J connectivity index is 1.58. The fourth-order valence-electron chi connectivity index (χ4n) is 5.95. The number of aliphatic hydroxyl groups is 1. The van der Waals surface area contributed by atoms with E-state index in [4.69, 9.17) is 4.18 Å². The molecule has 0 heterocycles. The lowest BCUT2D eigenvalue weighted by Gasteiger charge is -2.50. The second kappa shape index (κ2) is 6.42. The summed E-state index contributed by atoms with van der Waals surface area (Å²) in [5.74, 6) is 3.21. The number of hydrogen-bond donors (Lipinski definition) is 1. The van der Waals surface area contributed by atoms with Gasteiger partial charge in [-0.2, -0.15) is 0 Å². The first-order valence-corrected chi connectivity index (χ1v) is 13.1. The maximum Gasteiger partial charge on any atom is 0.135 e. The molecular formula is C24H38O2S. The van der Waals surface area contributed by atoms with Crippen LogP contribution in [-0.4, -0.2) is 28.5 Å². The van der Waals surface area contributed by atoms with Crippen LogP contribution in [0.2, 0.25) is 0 Å².